The second kappa shape index (κ2) is 4.79. The zero-order valence-corrected chi connectivity index (χ0v) is 10.4. The number of halogens is 1. The zero-order valence-electron chi connectivity index (χ0n) is 9.60. The number of hydrogen-bond acceptors (Lipinski definition) is 7. The predicted octanol–water partition coefficient (Wildman–Crippen LogP) is -1.92. The van der Waals surface area contributed by atoms with Crippen molar-refractivity contribution in [2.45, 2.75) is 23.3 Å². The fraction of sp³-hybridized carbons (Fsp3) is 0.500. The number of nitrogens with zero attached hydrogens (tertiary/aromatic N) is 3. The summed E-state index contributed by atoms with van der Waals surface area (Å²) < 4.78 is 6.22. The lowest BCUT2D eigenvalue weighted by atomic mass is 10.00. The van der Waals surface area contributed by atoms with Gasteiger partial charge in [0.1, 0.15) is 18.5 Å². The lowest BCUT2D eigenvalue weighted by Gasteiger charge is -2.24. The van der Waals surface area contributed by atoms with E-state index in [2.05, 4.69) is 15.9 Å². The first kappa shape index (κ1) is 13.8. The van der Waals surface area contributed by atoms with Crippen LogP contribution < -0.4 is 11.4 Å². The first-order valence-electron chi connectivity index (χ1n) is 5.25. The van der Waals surface area contributed by atoms with E-state index in [0.717, 1.165) is 10.9 Å². The molecule has 2 heterocycles. The Hall–Kier alpha value is -1.66. The van der Waals surface area contributed by atoms with Crippen LogP contribution in [0, 0.1) is 12.3 Å². The van der Waals surface area contributed by atoms with Crippen LogP contribution in [0.15, 0.2) is 11.1 Å². The second-order valence-corrected chi connectivity index (χ2v) is 4.60. The molecule has 1 aliphatic rings. The number of rotatable bonds is 2. The molecule has 0 amide bonds. The van der Waals surface area contributed by atoms with Crippen LogP contribution in [0.5, 0.6) is 0 Å². The Labute approximate surface area is 112 Å². The summed E-state index contributed by atoms with van der Waals surface area (Å²) in [6, 6.07) is 0. The molecule has 0 aliphatic carbocycles. The number of nitrogen functional groups attached to an aromatic ring is 1. The van der Waals surface area contributed by atoms with Gasteiger partial charge in [0.15, 0.2) is 11.1 Å². The number of alkyl halides is 1. The van der Waals surface area contributed by atoms with Crippen molar-refractivity contribution in [1.82, 2.24) is 14.5 Å². The average Bonchev–Trinajstić information content (AvgIpc) is 2.63. The summed E-state index contributed by atoms with van der Waals surface area (Å²) in [6.07, 6.45) is 2.80. The summed E-state index contributed by atoms with van der Waals surface area (Å²) in [7, 11) is 0. The molecule has 19 heavy (non-hydrogen) atoms. The van der Waals surface area contributed by atoms with Crippen molar-refractivity contribution in [3.05, 3.63) is 16.8 Å². The monoisotopic (exact) mass is 286 g/mol. The molecule has 0 aromatic carbocycles. The maximum atomic E-state index is 11.7. The number of aliphatic hydroxyl groups excluding tert-OH is 2. The maximum absolute atomic E-state index is 11.7. The number of aromatic nitrogens is 3. The highest BCUT2D eigenvalue weighted by Gasteiger charge is 2.55. The van der Waals surface area contributed by atoms with Crippen LogP contribution in [0.25, 0.3) is 0 Å². The molecule has 0 saturated carbocycles. The normalized spacial score (nSPS) is 34.1. The first-order valence-corrected chi connectivity index (χ1v) is 5.63. The van der Waals surface area contributed by atoms with Crippen LogP contribution in [-0.4, -0.2) is 48.4 Å². The average molecular weight is 287 g/mol. The van der Waals surface area contributed by atoms with E-state index in [-0.39, 0.29) is 5.95 Å². The maximum Gasteiger partial charge on any atom is 0.354 e. The standard InChI is InChI=1S/C10H11ClN4O4/c1-2-10(11)6(17)5(3-16)19-7(10)15-4-13-8(12)14-9(15)18/h1,4-7,16-17H,3H2,(H2,12,14,18)/t5-,6+,7-,10?/m1/s1. The van der Waals surface area contributed by atoms with Crippen molar-refractivity contribution >= 4 is 17.5 Å². The van der Waals surface area contributed by atoms with Gasteiger partial charge in [-0.3, -0.25) is 4.57 Å². The molecule has 1 unspecified atom stereocenters. The number of nitrogens with two attached hydrogens (primary N) is 1. The molecule has 2 rings (SSSR count). The molecule has 1 fully saturated rings. The lowest BCUT2D eigenvalue weighted by molar-refractivity contribution is -0.0467. The van der Waals surface area contributed by atoms with E-state index in [0.29, 0.717) is 0 Å². The minimum atomic E-state index is -1.71. The Balaban J connectivity index is 2.49. The van der Waals surface area contributed by atoms with Gasteiger partial charge in [-0.1, -0.05) is 17.5 Å². The third-order valence-electron chi connectivity index (χ3n) is 2.84. The largest absolute Gasteiger partial charge is 0.394 e. The summed E-state index contributed by atoms with van der Waals surface area (Å²) >= 11 is 6.12. The quantitative estimate of drug-likeness (QED) is 0.428. The Bertz CT molecular complexity index is 586. The fourth-order valence-corrected chi connectivity index (χ4v) is 2.14. The molecule has 1 saturated heterocycles. The van der Waals surface area contributed by atoms with Gasteiger partial charge in [0.05, 0.1) is 6.61 Å². The summed E-state index contributed by atoms with van der Waals surface area (Å²) in [6.45, 7) is -0.502. The van der Waals surface area contributed by atoms with Crippen molar-refractivity contribution in [2.75, 3.05) is 12.3 Å². The zero-order chi connectivity index (χ0) is 14.2. The molecular formula is C10H11ClN4O4. The van der Waals surface area contributed by atoms with Gasteiger partial charge in [0.25, 0.3) is 0 Å². The number of ether oxygens (including phenoxy) is 1. The summed E-state index contributed by atoms with van der Waals surface area (Å²) in [4.78, 5) is 17.1. The van der Waals surface area contributed by atoms with Gasteiger partial charge >= 0.3 is 5.69 Å². The molecule has 1 aromatic rings. The van der Waals surface area contributed by atoms with Crippen molar-refractivity contribution in [1.29, 1.82) is 0 Å². The van der Waals surface area contributed by atoms with Crippen LogP contribution in [-0.2, 0) is 4.74 Å². The number of aliphatic hydroxyl groups is 2. The topological polar surface area (TPSA) is 123 Å². The van der Waals surface area contributed by atoms with Gasteiger partial charge < -0.3 is 20.7 Å². The van der Waals surface area contributed by atoms with E-state index in [1.165, 1.54) is 0 Å². The molecule has 0 radical (unpaired) electrons. The molecule has 4 atom stereocenters. The molecule has 0 spiro atoms. The van der Waals surface area contributed by atoms with Gasteiger partial charge in [0, 0.05) is 0 Å². The van der Waals surface area contributed by atoms with Crippen LogP contribution in [0.4, 0.5) is 5.95 Å². The van der Waals surface area contributed by atoms with Crippen LogP contribution in [0.1, 0.15) is 6.23 Å². The predicted molar refractivity (Wildman–Crippen MR) is 65.1 cm³/mol. The molecule has 102 valence electrons. The molecule has 1 aliphatic heterocycles. The lowest BCUT2D eigenvalue weighted by Crippen LogP contribution is -2.43. The van der Waals surface area contributed by atoms with E-state index in [4.69, 9.17) is 33.6 Å². The van der Waals surface area contributed by atoms with Crippen molar-refractivity contribution in [2.24, 2.45) is 0 Å². The Kier molecular flexibility index (Phi) is 3.47. The molecular weight excluding hydrogens is 276 g/mol. The molecule has 9 heteroatoms. The van der Waals surface area contributed by atoms with E-state index in [9.17, 15) is 9.90 Å². The molecule has 1 aromatic heterocycles. The first-order chi connectivity index (χ1) is 8.93. The van der Waals surface area contributed by atoms with Crippen LogP contribution >= 0.6 is 11.6 Å². The Morgan fingerprint density at radius 2 is 2.42 bits per heavy atom. The van der Waals surface area contributed by atoms with E-state index in [1.807, 2.05) is 0 Å². The van der Waals surface area contributed by atoms with Gasteiger partial charge in [-0.15, -0.1) is 6.42 Å². The number of hydrogen-bond donors (Lipinski definition) is 3. The number of terminal acetylenes is 1. The van der Waals surface area contributed by atoms with Gasteiger partial charge in [-0.25, -0.2) is 9.78 Å². The second-order valence-electron chi connectivity index (χ2n) is 3.97. The minimum absolute atomic E-state index is 0.209. The van der Waals surface area contributed by atoms with Gasteiger partial charge in [-0.2, -0.15) is 4.98 Å². The Morgan fingerprint density at radius 3 is 2.95 bits per heavy atom. The summed E-state index contributed by atoms with van der Waals surface area (Å²) in [5.41, 5.74) is 4.49. The van der Waals surface area contributed by atoms with Crippen LogP contribution in [0.2, 0.25) is 0 Å². The fourth-order valence-electron chi connectivity index (χ4n) is 1.84. The van der Waals surface area contributed by atoms with Crippen molar-refractivity contribution in [3.8, 4) is 12.3 Å². The van der Waals surface area contributed by atoms with E-state index < -0.39 is 35.6 Å². The molecule has 8 nitrogen and oxygen atoms in total. The third-order valence-corrected chi connectivity index (χ3v) is 3.36. The van der Waals surface area contributed by atoms with Crippen molar-refractivity contribution < 1.29 is 14.9 Å². The third kappa shape index (κ3) is 2.06. The van der Waals surface area contributed by atoms with Gasteiger partial charge in [0.2, 0.25) is 5.95 Å². The highest BCUT2D eigenvalue weighted by Crippen LogP contribution is 2.42. The molecule has 4 N–H and O–H groups in total. The SMILES string of the molecule is C#CC1(Cl)[C@@H](O)[C@@H](CO)O[C@H]1n1cnc(N)nc1=O. The van der Waals surface area contributed by atoms with E-state index in [1.54, 1.807) is 0 Å². The van der Waals surface area contributed by atoms with Gasteiger partial charge in [-0.05, 0) is 0 Å². The summed E-state index contributed by atoms with van der Waals surface area (Å²) in [5.74, 6) is 1.97. The summed E-state index contributed by atoms with van der Waals surface area (Å²) in [5, 5.41) is 19.0. The van der Waals surface area contributed by atoms with E-state index >= 15 is 0 Å². The van der Waals surface area contributed by atoms with Crippen LogP contribution in [0.3, 0.4) is 0 Å². The smallest absolute Gasteiger partial charge is 0.354 e. The van der Waals surface area contributed by atoms with Crippen molar-refractivity contribution in [3.63, 3.8) is 0 Å². The highest BCUT2D eigenvalue weighted by atomic mass is 35.5. The minimum Gasteiger partial charge on any atom is -0.394 e. The highest BCUT2D eigenvalue weighted by molar-refractivity contribution is 6.27. The Morgan fingerprint density at radius 1 is 1.74 bits per heavy atom. The number of anilines is 1. The molecule has 0 bridgehead atoms.